The van der Waals surface area contributed by atoms with E-state index in [1.165, 1.54) is 11.7 Å². The number of carbonyl (C=O) groups excluding carboxylic acids is 1. The number of nitrogen functional groups attached to an aromatic ring is 1. The molecule has 1 saturated carbocycles. The molecule has 3 N–H and O–H groups in total. The fraction of sp³-hybridized carbons (Fsp3) is 0.609. The molecule has 1 aromatic carbocycles. The van der Waals surface area contributed by atoms with E-state index in [0.29, 0.717) is 24.2 Å². The molecule has 4 rings (SSSR count). The number of nitrogens with one attached hydrogen (secondary N) is 1. The lowest BCUT2D eigenvalue weighted by atomic mass is 10.0. The molecule has 1 unspecified atom stereocenters. The van der Waals surface area contributed by atoms with Crippen LogP contribution in [0.15, 0.2) is 15.7 Å². The first-order chi connectivity index (χ1) is 15.9. The second-order valence-electron chi connectivity index (χ2n) is 10.1. The van der Waals surface area contributed by atoms with Crippen molar-refractivity contribution in [2.24, 2.45) is 5.92 Å². The Labute approximate surface area is 196 Å². The van der Waals surface area contributed by atoms with Gasteiger partial charge in [-0.15, -0.1) is 0 Å². The third-order valence-electron chi connectivity index (χ3n) is 6.39. The number of benzene rings is 1. The van der Waals surface area contributed by atoms with Gasteiger partial charge in [-0.05, 0) is 58.9 Å². The van der Waals surface area contributed by atoms with Crippen molar-refractivity contribution < 1.29 is 18.7 Å². The van der Waals surface area contributed by atoms with Crippen molar-refractivity contribution in [1.82, 2.24) is 14.6 Å². The van der Waals surface area contributed by atoms with Crippen molar-refractivity contribution >= 4 is 22.7 Å². The van der Waals surface area contributed by atoms with E-state index in [-0.39, 0.29) is 40.3 Å². The first-order valence-corrected chi connectivity index (χ1v) is 11.5. The highest BCUT2D eigenvalue weighted by atomic mass is 19.1. The lowest BCUT2D eigenvalue weighted by Crippen LogP contribution is -2.44. The third kappa shape index (κ3) is 4.30. The Morgan fingerprint density at radius 3 is 2.53 bits per heavy atom. The van der Waals surface area contributed by atoms with Gasteiger partial charge in [0.05, 0.1) is 12.5 Å². The molecule has 2 aromatic rings. The van der Waals surface area contributed by atoms with Crippen LogP contribution in [0.25, 0.3) is 10.9 Å². The Bertz CT molecular complexity index is 1240. The van der Waals surface area contributed by atoms with Gasteiger partial charge in [-0.25, -0.2) is 14.0 Å². The molecule has 34 heavy (non-hydrogen) atoms. The molecule has 2 fully saturated rings. The summed E-state index contributed by atoms with van der Waals surface area (Å²) in [4.78, 5) is 39.5. The fourth-order valence-electron chi connectivity index (χ4n) is 4.61. The zero-order chi connectivity index (χ0) is 24.9. The number of amides is 1. The molecular weight excluding hydrogens is 445 g/mol. The predicted octanol–water partition coefficient (Wildman–Crippen LogP) is 2.10. The molecule has 11 heteroatoms. The maximum atomic E-state index is 15.4. The van der Waals surface area contributed by atoms with Crippen LogP contribution in [0.2, 0.25) is 0 Å². The second-order valence-corrected chi connectivity index (χ2v) is 10.1. The van der Waals surface area contributed by atoms with Crippen molar-refractivity contribution in [3.8, 4) is 5.75 Å². The van der Waals surface area contributed by atoms with Gasteiger partial charge in [0.25, 0.3) is 5.56 Å². The number of rotatable bonds is 5. The normalized spacial score (nSPS) is 19.4. The monoisotopic (exact) mass is 477 g/mol. The number of methoxy groups -OCH3 is 1. The minimum Gasteiger partial charge on any atom is -0.492 e. The molecule has 0 radical (unpaired) electrons. The highest BCUT2D eigenvalue weighted by Crippen LogP contribution is 2.43. The molecule has 1 aromatic heterocycles. The summed E-state index contributed by atoms with van der Waals surface area (Å²) in [7, 11) is 1.40. The van der Waals surface area contributed by atoms with E-state index in [9.17, 15) is 14.4 Å². The Kier molecular flexibility index (Phi) is 5.99. The van der Waals surface area contributed by atoms with Crippen molar-refractivity contribution in [2.45, 2.75) is 64.6 Å². The van der Waals surface area contributed by atoms with Crippen molar-refractivity contribution in [1.29, 1.82) is 0 Å². The van der Waals surface area contributed by atoms with Crippen LogP contribution in [0.5, 0.6) is 5.75 Å². The largest absolute Gasteiger partial charge is 0.492 e. The molecule has 2 atom stereocenters. The van der Waals surface area contributed by atoms with Crippen LogP contribution in [0.3, 0.4) is 0 Å². The van der Waals surface area contributed by atoms with Crippen LogP contribution in [0.4, 0.5) is 14.9 Å². The summed E-state index contributed by atoms with van der Waals surface area (Å²) in [5.41, 5.74) is -1.56. The lowest BCUT2D eigenvalue weighted by molar-refractivity contribution is 0.0494. The Morgan fingerprint density at radius 1 is 1.26 bits per heavy atom. The van der Waals surface area contributed by atoms with Crippen LogP contribution in [0, 0.1) is 11.7 Å². The third-order valence-corrected chi connectivity index (χ3v) is 6.39. The molecule has 0 bridgehead atoms. The summed E-state index contributed by atoms with van der Waals surface area (Å²) in [5, 5.41) is 2.86. The standard InChI is InChI=1S/C23H32FN5O5/c1-12(26-21(31)34-23(2,3)4)13-8-9-27(11-13)18-16(24)10-15-17(19(18)33-5)28(14-6-7-14)22(32)29(25)20(15)30/h10,12-14H,6-9,11,25H2,1-5H3,(H,26,31)/t12-,13?/m1/s1. The minimum atomic E-state index is -0.768. The average Bonchev–Trinajstić information content (AvgIpc) is 3.45. The maximum Gasteiger partial charge on any atom is 0.407 e. The summed E-state index contributed by atoms with van der Waals surface area (Å²) >= 11 is 0. The van der Waals surface area contributed by atoms with Crippen molar-refractivity contribution in [3.05, 3.63) is 32.7 Å². The predicted molar refractivity (Wildman–Crippen MR) is 127 cm³/mol. The molecule has 2 heterocycles. The number of ether oxygens (including phenoxy) is 2. The molecule has 0 spiro atoms. The number of alkyl carbamates (subject to hydrolysis) is 1. The highest BCUT2D eigenvalue weighted by molar-refractivity contribution is 5.91. The SMILES string of the molecule is COc1c(N2CCC([C@@H](C)NC(=O)OC(C)(C)C)C2)c(F)cc2c(=O)n(N)c(=O)n(C3CC3)c12. The minimum absolute atomic E-state index is 0.00260. The number of anilines is 1. The van der Waals surface area contributed by atoms with Gasteiger partial charge in [-0.1, -0.05) is 0 Å². The molecular formula is C23H32FN5O5. The molecule has 10 nitrogen and oxygen atoms in total. The molecule has 1 saturated heterocycles. The number of carbonyl (C=O) groups is 1. The van der Waals surface area contributed by atoms with Crippen LogP contribution >= 0.6 is 0 Å². The van der Waals surface area contributed by atoms with Gasteiger partial charge in [0.1, 0.15) is 16.8 Å². The van der Waals surface area contributed by atoms with E-state index in [1.807, 2.05) is 11.8 Å². The highest BCUT2D eigenvalue weighted by Gasteiger charge is 2.35. The second kappa shape index (κ2) is 8.52. The average molecular weight is 478 g/mol. The van der Waals surface area contributed by atoms with Crippen LogP contribution in [-0.2, 0) is 4.74 Å². The van der Waals surface area contributed by atoms with Gasteiger partial charge in [0.2, 0.25) is 0 Å². The van der Waals surface area contributed by atoms with E-state index in [1.54, 1.807) is 20.8 Å². The topological polar surface area (TPSA) is 121 Å². The smallest absolute Gasteiger partial charge is 0.407 e. The fourth-order valence-corrected chi connectivity index (χ4v) is 4.61. The number of fused-ring (bicyclic) bond motifs is 1. The lowest BCUT2D eigenvalue weighted by Gasteiger charge is -2.26. The zero-order valence-corrected chi connectivity index (χ0v) is 20.2. The van der Waals surface area contributed by atoms with Gasteiger partial charge in [-0.3, -0.25) is 9.36 Å². The molecule has 1 amide bonds. The summed E-state index contributed by atoms with van der Waals surface area (Å²) in [6.07, 6.45) is 1.74. The number of hydrogen-bond donors (Lipinski definition) is 2. The Balaban J connectivity index is 1.69. The molecule has 186 valence electrons. The number of nitrogens with zero attached hydrogens (tertiary/aromatic N) is 3. The maximum absolute atomic E-state index is 15.4. The van der Waals surface area contributed by atoms with Gasteiger partial charge in [0.15, 0.2) is 11.6 Å². The van der Waals surface area contributed by atoms with Gasteiger partial charge >= 0.3 is 11.8 Å². The van der Waals surface area contributed by atoms with E-state index in [2.05, 4.69) is 5.32 Å². The van der Waals surface area contributed by atoms with Gasteiger partial charge in [-0.2, -0.15) is 4.68 Å². The summed E-state index contributed by atoms with van der Waals surface area (Å²) in [6.45, 7) is 8.25. The van der Waals surface area contributed by atoms with Gasteiger partial charge in [0, 0.05) is 25.2 Å². The first kappa shape index (κ1) is 23.9. The molecule has 1 aliphatic heterocycles. The van der Waals surface area contributed by atoms with Crippen LogP contribution in [-0.4, -0.2) is 47.2 Å². The summed E-state index contributed by atoms with van der Waals surface area (Å²) in [6, 6.07) is 0.817. The quantitative estimate of drug-likeness (QED) is 0.633. The van der Waals surface area contributed by atoms with Crippen molar-refractivity contribution in [3.63, 3.8) is 0 Å². The molecule has 2 aliphatic rings. The zero-order valence-electron chi connectivity index (χ0n) is 20.2. The van der Waals surface area contributed by atoms with Crippen LogP contribution in [0.1, 0.15) is 53.0 Å². The van der Waals surface area contributed by atoms with E-state index in [4.69, 9.17) is 15.3 Å². The number of aromatic nitrogens is 2. The Morgan fingerprint density at radius 2 is 1.94 bits per heavy atom. The number of halogens is 1. The van der Waals surface area contributed by atoms with Gasteiger partial charge < -0.3 is 25.5 Å². The Hall–Kier alpha value is -3.24. The first-order valence-electron chi connectivity index (χ1n) is 11.5. The van der Waals surface area contributed by atoms with E-state index in [0.717, 1.165) is 18.9 Å². The molecule has 1 aliphatic carbocycles. The van der Waals surface area contributed by atoms with Crippen LogP contribution < -0.4 is 32.0 Å². The number of nitrogens with two attached hydrogens (primary N) is 1. The van der Waals surface area contributed by atoms with E-state index < -0.39 is 28.8 Å². The summed E-state index contributed by atoms with van der Waals surface area (Å²) in [5.74, 6) is 5.25. The number of hydrogen-bond acceptors (Lipinski definition) is 7. The van der Waals surface area contributed by atoms with E-state index >= 15 is 4.39 Å². The van der Waals surface area contributed by atoms with Crippen molar-refractivity contribution in [2.75, 3.05) is 30.9 Å². The summed E-state index contributed by atoms with van der Waals surface area (Å²) < 4.78 is 28.3.